The first-order valence-corrected chi connectivity index (χ1v) is 7.81. The van der Waals surface area contributed by atoms with Crippen LogP contribution in [0.15, 0.2) is 24.4 Å². The van der Waals surface area contributed by atoms with Crippen molar-refractivity contribution in [3.8, 4) is 18.4 Å². The van der Waals surface area contributed by atoms with E-state index in [2.05, 4.69) is 16.7 Å². The third-order valence-corrected chi connectivity index (χ3v) is 4.59. The van der Waals surface area contributed by atoms with Gasteiger partial charge in [-0.1, -0.05) is 25.8 Å². The Hall–Kier alpha value is -2.99. The molecule has 0 radical (unpaired) electrons. The second-order valence-electron chi connectivity index (χ2n) is 6.45. The molecule has 1 aliphatic rings. The van der Waals surface area contributed by atoms with E-state index in [1.54, 1.807) is 22.9 Å². The fraction of sp³-hybridized carbons (Fsp3) is 0.421. The largest absolute Gasteiger partial charge is 0.466 e. The molecular formula is C19H20N2O4. The first-order valence-electron chi connectivity index (χ1n) is 7.81. The summed E-state index contributed by atoms with van der Waals surface area (Å²) in [5.74, 6) is 1.25. The molecule has 0 aliphatic heterocycles. The van der Waals surface area contributed by atoms with Crippen LogP contribution < -0.4 is 0 Å². The number of carbonyl (C=O) groups excluding carboxylic acids is 2. The maximum absolute atomic E-state index is 12.4. The summed E-state index contributed by atoms with van der Waals surface area (Å²) in [6, 6.07) is 3.79. The van der Waals surface area contributed by atoms with Crippen molar-refractivity contribution in [1.82, 2.24) is 4.57 Å². The van der Waals surface area contributed by atoms with E-state index in [0.717, 1.165) is 0 Å². The Labute approximate surface area is 147 Å². The quantitative estimate of drug-likeness (QED) is 0.450. The Bertz CT molecular complexity index is 789. The molecule has 0 unspecified atom stereocenters. The zero-order valence-corrected chi connectivity index (χ0v) is 14.5. The molecule has 0 aromatic carbocycles. The van der Waals surface area contributed by atoms with Crippen molar-refractivity contribution < 1.29 is 19.1 Å². The van der Waals surface area contributed by atoms with E-state index < -0.39 is 5.97 Å². The molecule has 1 heterocycles. The smallest absolute Gasteiger partial charge is 0.330 e. The van der Waals surface area contributed by atoms with Gasteiger partial charge in [-0.25, -0.2) is 4.79 Å². The fourth-order valence-electron chi connectivity index (χ4n) is 2.98. The van der Waals surface area contributed by atoms with Crippen molar-refractivity contribution in [1.29, 1.82) is 5.26 Å². The normalized spacial score (nSPS) is 20.5. The van der Waals surface area contributed by atoms with Crippen LogP contribution in [0.1, 0.15) is 25.1 Å². The van der Waals surface area contributed by atoms with Gasteiger partial charge in [0.1, 0.15) is 18.4 Å². The van der Waals surface area contributed by atoms with Crippen LogP contribution >= 0.6 is 0 Å². The molecule has 2 rings (SSSR count). The summed E-state index contributed by atoms with van der Waals surface area (Å²) in [6.07, 6.45) is 9.97. The second kappa shape index (κ2) is 7.27. The minimum atomic E-state index is -0.455. The van der Waals surface area contributed by atoms with Gasteiger partial charge in [0.15, 0.2) is 0 Å². The van der Waals surface area contributed by atoms with Crippen LogP contribution in [0.2, 0.25) is 0 Å². The number of hydrogen-bond acceptors (Lipinski definition) is 5. The fourth-order valence-corrected chi connectivity index (χ4v) is 2.98. The highest BCUT2D eigenvalue weighted by molar-refractivity contribution is 5.83. The van der Waals surface area contributed by atoms with Crippen molar-refractivity contribution in [2.24, 2.45) is 17.3 Å². The zero-order chi connectivity index (χ0) is 18.6. The molecule has 0 amide bonds. The lowest BCUT2D eigenvalue weighted by atomic mass is 10.1. The molecule has 0 spiro atoms. The summed E-state index contributed by atoms with van der Waals surface area (Å²) >= 11 is 0. The van der Waals surface area contributed by atoms with Crippen molar-refractivity contribution in [2.75, 3.05) is 7.11 Å². The van der Waals surface area contributed by atoms with E-state index in [1.807, 2.05) is 13.8 Å². The van der Waals surface area contributed by atoms with E-state index in [9.17, 15) is 14.9 Å². The van der Waals surface area contributed by atoms with Crippen molar-refractivity contribution in [3.63, 3.8) is 0 Å². The molecule has 25 heavy (non-hydrogen) atoms. The molecular weight excluding hydrogens is 320 g/mol. The van der Waals surface area contributed by atoms with Gasteiger partial charge in [-0.05, 0) is 17.4 Å². The standard InChI is InChI=1S/C19H20N2O4/c1-5-9-21-10-8-13(15(21)11-20)12-25-18(23)17-14(19(17,2)3)6-7-16(22)24-4/h1,6-8,10,14,17H,9,12H2,2-4H3/t14-,17-/m0/s1. The van der Waals surface area contributed by atoms with E-state index in [-0.39, 0.29) is 36.4 Å². The summed E-state index contributed by atoms with van der Waals surface area (Å²) in [6.45, 7) is 4.18. The predicted octanol–water partition coefficient (Wildman–Crippen LogP) is 2.04. The summed E-state index contributed by atoms with van der Waals surface area (Å²) in [7, 11) is 1.30. The first kappa shape index (κ1) is 18.4. The SMILES string of the molecule is C#CCn1ccc(COC(=O)[C@@H]2[C@H](C=CC(=O)OC)C2(C)C)c1C#N. The number of terminal acetylenes is 1. The number of rotatable bonds is 6. The number of hydrogen-bond donors (Lipinski definition) is 0. The van der Waals surface area contributed by atoms with Gasteiger partial charge in [0.25, 0.3) is 0 Å². The Kier molecular flexibility index (Phi) is 5.34. The Morgan fingerprint density at radius 3 is 2.80 bits per heavy atom. The van der Waals surface area contributed by atoms with Gasteiger partial charge in [-0.15, -0.1) is 6.42 Å². The average molecular weight is 340 g/mol. The van der Waals surface area contributed by atoms with Gasteiger partial charge < -0.3 is 14.0 Å². The molecule has 130 valence electrons. The van der Waals surface area contributed by atoms with E-state index in [1.165, 1.54) is 13.2 Å². The summed E-state index contributed by atoms with van der Waals surface area (Å²) in [5.41, 5.74) is 0.726. The van der Waals surface area contributed by atoms with Crippen LogP contribution in [0.3, 0.4) is 0 Å². The lowest BCUT2D eigenvalue weighted by Gasteiger charge is -2.06. The molecule has 1 aromatic rings. The minimum Gasteiger partial charge on any atom is -0.466 e. The molecule has 1 fully saturated rings. The Balaban J connectivity index is 2.00. The highest BCUT2D eigenvalue weighted by atomic mass is 16.5. The molecule has 6 nitrogen and oxygen atoms in total. The van der Waals surface area contributed by atoms with Gasteiger partial charge in [0.2, 0.25) is 0 Å². The van der Waals surface area contributed by atoms with E-state index in [4.69, 9.17) is 11.2 Å². The van der Waals surface area contributed by atoms with Gasteiger partial charge in [0, 0.05) is 17.8 Å². The molecule has 1 aromatic heterocycles. The maximum Gasteiger partial charge on any atom is 0.330 e. The monoisotopic (exact) mass is 340 g/mol. The third-order valence-electron chi connectivity index (χ3n) is 4.59. The van der Waals surface area contributed by atoms with Crippen molar-refractivity contribution in [3.05, 3.63) is 35.7 Å². The molecule has 0 bridgehead atoms. The predicted molar refractivity (Wildman–Crippen MR) is 89.7 cm³/mol. The van der Waals surface area contributed by atoms with Crippen LogP contribution in [0.25, 0.3) is 0 Å². The average Bonchev–Trinajstić information content (AvgIpc) is 2.93. The highest BCUT2D eigenvalue weighted by Gasteiger charge is 2.61. The van der Waals surface area contributed by atoms with Crippen LogP contribution in [0, 0.1) is 40.9 Å². The first-order chi connectivity index (χ1) is 11.9. The number of nitrogens with zero attached hydrogens (tertiary/aromatic N) is 2. The number of methoxy groups -OCH3 is 1. The van der Waals surface area contributed by atoms with Gasteiger partial charge >= 0.3 is 11.9 Å². The summed E-state index contributed by atoms with van der Waals surface area (Å²) < 4.78 is 11.6. The number of ether oxygens (including phenoxy) is 2. The van der Waals surface area contributed by atoms with Crippen molar-refractivity contribution in [2.45, 2.75) is 27.0 Å². The topological polar surface area (TPSA) is 81.3 Å². The molecule has 1 saturated carbocycles. The minimum absolute atomic E-state index is 0.0132. The molecule has 1 aliphatic carbocycles. The highest BCUT2D eigenvalue weighted by Crippen LogP contribution is 2.59. The number of esters is 2. The zero-order valence-electron chi connectivity index (χ0n) is 14.5. The van der Waals surface area contributed by atoms with Crippen LogP contribution in [-0.2, 0) is 32.2 Å². The third kappa shape index (κ3) is 3.75. The summed E-state index contributed by atoms with van der Waals surface area (Å²) in [4.78, 5) is 23.6. The molecule has 0 saturated heterocycles. The molecule has 6 heteroatoms. The van der Waals surface area contributed by atoms with E-state index >= 15 is 0 Å². The second-order valence-corrected chi connectivity index (χ2v) is 6.45. The van der Waals surface area contributed by atoms with Crippen molar-refractivity contribution >= 4 is 11.9 Å². The van der Waals surface area contributed by atoms with Gasteiger partial charge in [0.05, 0.1) is 19.6 Å². The molecule has 2 atom stereocenters. The maximum atomic E-state index is 12.4. The Morgan fingerprint density at radius 2 is 2.20 bits per heavy atom. The van der Waals surface area contributed by atoms with Crippen LogP contribution in [0.4, 0.5) is 0 Å². The van der Waals surface area contributed by atoms with Crippen LogP contribution in [0.5, 0.6) is 0 Å². The lowest BCUT2D eigenvalue weighted by Crippen LogP contribution is -2.11. The number of nitriles is 1. The Morgan fingerprint density at radius 1 is 1.48 bits per heavy atom. The van der Waals surface area contributed by atoms with Crippen LogP contribution in [-0.4, -0.2) is 23.6 Å². The lowest BCUT2D eigenvalue weighted by molar-refractivity contribution is -0.147. The summed E-state index contributed by atoms with van der Waals surface area (Å²) in [5, 5.41) is 9.24. The number of carbonyl (C=O) groups is 2. The van der Waals surface area contributed by atoms with Gasteiger partial charge in [-0.2, -0.15) is 5.26 Å². The number of allylic oxidation sites excluding steroid dienone is 1. The molecule has 0 N–H and O–H groups in total. The van der Waals surface area contributed by atoms with E-state index in [0.29, 0.717) is 11.3 Å². The van der Waals surface area contributed by atoms with Gasteiger partial charge in [-0.3, -0.25) is 4.79 Å². The number of aromatic nitrogens is 1.